The van der Waals surface area contributed by atoms with Crippen LogP contribution < -0.4 is 0 Å². The van der Waals surface area contributed by atoms with Gasteiger partial charge in [-0.05, 0) is 35.9 Å². The van der Waals surface area contributed by atoms with Crippen LogP contribution in [0.5, 0.6) is 0 Å². The Morgan fingerprint density at radius 1 is 1.11 bits per heavy atom. The highest BCUT2D eigenvalue weighted by molar-refractivity contribution is 8.01. The summed E-state index contributed by atoms with van der Waals surface area (Å²) in [6, 6.07) is 14.2. The molecule has 0 aliphatic heterocycles. The first kappa shape index (κ1) is 12.7. The third-order valence-corrected chi connectivity index (χ3v) is 2.92. The van der Waals surface area contributed by atoms with Gasteiger partial charge in [0.1, 0.15) is 5.76 Å². The van der Waals surface area contributed by atoms with Crippen molar-refractivity contribution in [3.63, 3.8) is 0 Å². The van der Waals surface area contributed by atoms with Crippen LogP contribution in [0, 0.1) is 0 Å². The van der Waals surface area contributed by atoms with Gasteiger partial charge in [-0.2, -0.15) is 0 Å². The zero-order valence-electron chi connectivity index (χ0n) is 10.0. The number of allylic oxidation sites excluding steroid dienone is 1. The first-order valence-electron chi connectivity index (χ1n) is 5.87. The second kappa shape index (κ2) is 7.56. The molecule has 0 N–H and O–H groups in total. The summed E-state index contributed by atoms with van der Waals surface area (Å²) in [4.78, 5) is 0. The van der Waals surface area contributed by atoms with E-state index in [0.29, 0.717) is 0 Å². The normalized spacial score (nSPS) is 11.6. The molecule has 0 unspecified atom stereocenters. The summed E-state index contributed by atoms with van der Waals surface area (Å²) in [5.41, 5.74) is 1.37. The Balaban J connectivity index is 1.64. The van der Waals surface area contributed by atoms with Crippen LogP contribution in [0.3, 0.4) is 0 Å². The lowest BCUT2D eigenvalue weighted by Gasteiger charge is -1.95. The molecular weight excluding hydrogens is 242 g/mol. The summed E-state index contributed by atoms with van der Waals surface area (Å²) in [7, 11) is 0. The Kier molecular flexibility index (Phi) is 5.34. The number of rotatable bonds is 6. The zero-order chi connectivity index (χ0) is 12.5. The number of nitrogens with zero attached hydrogens (tertiary/aromatic N) is 1. The van der Waals surface area contributed by atoms with Crippen molar-refractivity contribution in [1.29, 1.82) is 0 Å². The summed E-state index contributed by atoms with van der Waals surface area (Å²) in [6.07, 6.45) is 7.60. The number of benzene rings is 1. The predicted molar refractivity (Wildman–Crippen MR) is 77.8 cm³/mol. The summed E-state index contributed by atoms with van der Waals surface area (Å²) in [5, 5.41) is 2.00. The van der Waals surface area contributed by atoms with Gasteiger partial charge in [-0.15, -0.1) is 0 Å². The summed E-state index contributed by atoms with van der Waals surface area (Å²) in [6.45, 7) is 0. The van der Waals surface area contributed by atoms with Crippen molar-refractivity contribution in [3.8, 4) is 0 Å². The average molecular weight is 257 g/mol. The van der Waals surface area contributed by atoms with E-state index in [1.807, 2.05) is 23.6 Å². The second-order valence-corrected chi connectivity index (χ2v) is 4.45. The van der Waals surface area contributed by atoms with E-state index in [9.17, 15) is 0 Å². The van der Waals surface area contributed by atoms with Crippen LogP contribution in [0.2, 0.25) is 0 Å². The molecule has 1 heterocycles. The van der Waals surface area contributed by atoms with Gasteiger partial charge in [0.15, 0.2) is 0 Å². The number of furan rings is 1. The van der Waals surface area contributed by atoms with E-state index in [-0.39, 0.29) is 0 Å². The van der Waals surface area contributed by atoms with Gasteiger partial charge in [0.2, 0.25) is 0 Å². The van der Waals surface area contributed by atoms with E-state index < -0.39 is 0 Å². The van der Waals surface area contributed by atoms with Crippen LogP contribution in [-0.2, 0) is 6.42 Å². The van der Waals surface area contributed by atoms with Crippen molar-refractivity contribution in [2.75, 3.05) is 0 Å². The molecule has 1 aromatic heterocycles. The fourth-order valence-corrected chi connectivity index (χ4v) is 1.95. The molecule has 3 heteroatoms. The molecule has 92 valence electrons. The predicted octanol–water partition coefficient (Wildman–Crippen LogP) is 4.49. The van der Waals surface area contributed by atoms with E-state index in [2.05, 4.69) is 34.7 Å². The Labute approximate surface area is 112 Å². The van der Waals surface area contributed by atoms with Gasteiger partial charge >= 0.3 is 0 Å². The molecule has 0 bridgehead atoms. The molecule has 0 atom stereocenters. The molecular formula is C15H15NOS. The minimum absolute atomic E-state index is 0.778. The molecule has 0 saturated carbocycles. The van der Waals surface area contributed by atoms with Gasteiger partial charge in [0.05, 0.1) is 12.5 Å². The SMILES string of the molecule is C(=C\S/N=C/c1ccco1)/CCc1ccccc1. The van der Waals surface area contributed by atoms with E-state index >= 15 is 0 Å². The van der Waals surface area contributed by atoms with Crippen molar-refractivity contribution in [2.24, 2.45) is 4.40 Å². The largest absolute Gasteiger partial charge is 0.463 e. The Bertz CT molecular complexity index is 488. The molecule has 1 aromatic carbocycles. The molecule has 0 fully saturated rings. The maximum absolute atomic E-state index is 5.13. The van der Waals surface area contributed by atoms with Crippen molar-refractivity contribution >= 4 is 18.2 Å². The highest BCUT2D eigenvalue weighted by Gasteiger charge is 1.88. The standard InChI is InChI=1S/C15H15NOS/c1-2-7-14(8-3-1)9-4-5-12-18-16-13-15-10-6-11-17-15/h1-3,5-8,10-13H,4,9H2/b12-5+,16-13+. The number of hydrogen-bond donors (Lipinski definition) is 0. The molecule has 0 aliphatic carbocycles. The molecule has 2 rings (SSSR count). The van der Waals surface area contributed by atoms with E-state index in [1.54, 1.807) is 12.5 Å². The monoisotopic (exact) mass is 257 g/mol. The van der Waals surface area contributed by atoms with Gasteiger partial charge in [0.25, 0.3) is 0 Å². The Hall–Kier alpha value is -1.74. The molecule has 18 heavy (non-hydrogen) atoms. The van der Waals surface area contributed by atoms with E-state index in [0.717, 1.165) is 18.6 Å². The number of aryl methyl sites for hydroxylation is 1. The highest BCUT2D eigenvalue weighted by atomic mass is 32.2. The smallest absolute Gasteiger partial charge is 0.145 e. The van der Waals surface area contributed by atoms with Gasteiger partial charge in [0, 0.05) is 11.9 Å². The third kappa shape index (κ3) is 4.63. The van der Waals surface area contributed by atoms with Crippen molar-refractivity contribution in [1.82, 2.24) is 0 Å². The fourth-order valence-electron chi connectivity index (χ4n) is 1.49. The molecule has 0 amide bonds. The molecule has 0 saturated heterocycles. The van der Waals surface area contributed by atoms with E-state index in [4.69, 9.17) is 4.42 Å². The molecule has 2 nitrogen and oxygen atoms in total. The lowest BCUT2D eigenvalue weighted by atomic mass is 10.1. The maximum atomic E-state index is 5.13. The van der Waals surface area contributed by atoms with Crippen LogP contribution >= 0.6 is 11.9 Å². The van der Waals surface area contributed by atoms with Gasteiger partial charge in [-0.3, -0.25) is 0 Å². The zero-order valence-corrected chi connectivity index (χ0v) is 10.8. The van der Waals surface area contributed by atoms with Gasteiger partial charge in [-0.1, -0.05) is 36.4 Å². The first-order valence-corrected chi connectivity index (χ1v) is 6.70. The van der Waals surface area contributed by atoms with Gasteiger partial charge in [-0.25, -0.2) is 4.40 Å². The maximum Gasteiger partial charge on any atom is 0.145 e. The van der Waals surface area contributed by atoms with Crippen LogP contribution in [0.1, 0.15) is 17.7 Å². The second-order valence-electron chi connectivity index (χ2n) is 3.75. The van der Waals surface area contributed by atoms with E-state index in [1.165, 1.54) is 17.5 Å². The Morgan fingerprint density at radius 3 is 2.78 bits per heavy atom. The molecule has 0 spiro atoms. The van der Waals surface area contributed by atoms with Crippen molar-refractivity contribution < 1.29 is 4.42 Å². The topological polar surface area (TPSA) is 25.5 Å². The van der Waals surface area contributed by atoms with Crippen LogP contribution in [0.4, 0.5) is 0 Å². The minimum atomic E-state index is 0.778. The Morgan fingerprint density at radius 2 is 2.00 bits per heavy atom. The first-order chi connectivity index (χ1) is 8.95. The van der Waals surface area contributed by atoms with Crippen molar-refractivity contribution in [3.05, 3.63) is 71.5 Å². The minimum Gasteiger partial charge on any atom is -0.463 e. The third-order valence-electron chi connectivity index (χ3n) is 2.38. The summed E-state index contributed by atoms with van der Waals surface area (Å²) >= 11 is 1.42. The number of hydrogen-bond acceptors (Lipinski definition) is 3. The average Bonchev–Trinajstić information content (AvgIpc) is 2.92. The fraction of sp³-hybridized carbons (Fsp3) is 0.133. The lowest BCUT2D eigenvalue weighted by molar-refractivity contribution is 0.560. The summed E-state index contributed by atoms with van der Waals surface area (Å²) in [5.74, 6) is 0.778. The lowest BCUT2D eigenvalue weighted by Crippen LogP contribution is -1.80. The van der Waals surface area contributed by atoms with Crippen molar-refractivity contribution in [2.45, 2.75) is 12.8 Å². The molecule has 0 radical (unpaired) electrons. The molecule has 0 aliphatic rings. The van der Waals surface area contributed by atoms with Crippen LogP contribution in [-0.4, -0.2) is 6.21 Å². The summed E-state index contributed by atoms with van der Waals surface area (Å²) < 4.78 is 9.30. The molecule has 2 aromatic rings. The van der Waals surface area contributed by atoms with Gasteiger partial charge < -0.3 is 4.42 Å². The van der Waals surface area contributed by atoms with Crippen LogP contribution in [0.15, 0.2) is 69.0 Å². The highest BCUT2D eigenvalue weighted by Crippen LogP contribution is 2.08. The van der Waals surface area contributed by atoms with Crippen LogP contribution in [0.25, 0.3) is 0 Å². The quantitative estimate of drug-likeness (QED) is 0.562.